The van der Waals surface area contributed by atoms with Crippen molar-refractivity contribution in [1.82, 2.24) is 20.2 Å². The molecule has 212 valence electrons. The normalized spacial score (nSPS) is 14.4. The van der Waals surface area contributed by atoms with Gasteiger partial charge < -0.3 is 39.9 Å². The number of carbonyl (C=O) groups is 1. The van der Waals surface area contributed by atoms with Crippen LogP contribution in [0.25, 0.3) is 0 Å². The first-order valence-corrected chi connectivity index (χ1v) is 13.1. The Morgan fingerprint density at radius 3 is 2.23 bits per heavy atom. The van der Waals surface area contributed by atoms with Crippen LogP contribution in [0.2, 0.25) is 10.0 Å². The molecule has 11 nitrogen and oxygen atoms in total. The Kier molecular flexibility index (Phi) is 10.5. The van der Waals surface area contributed by atoms with Crippen LogP contribution in [0.3, 0.4) is 0 Å². The number of hydrogen-bond acceptors (Lipinski definition) is 10. The van der Waals surface area contributed by atoms with Crippen LogP contribution in [0, 0.1) is 5.41 Å². The molecule has 2 aromatic rings. The number of hydrogen-bond donors (Lipinski definition) is 3. The van der Waals surface area contributed by atoms with E-state index in [0.29, 0.717) is 51.6 Å². The minimum absolute atomic E-state index is 0.0453. The standard InChI is InChI=1S/C26H34Cl2N6O5/c1-26(2,3)39-25(35)34-8-6-16(7-9-34)30-12-17(11-29)33-24-31-13-18(14-32-24)38-15-19-22(27)20(36-4)10-21(37-5)23(19)28/h10-14,16,29-30H,6-9,15H2,1-5H3,(H,31,32,33)/b17-12+,29-11?. The number of piperidine rings is 1. The van der Waals surface area contributed by atoms with E-state index in [0.717, 1.165) is 19.1 Å². The largest absolute Gasteiger partial charge is 0.495 e. The van der Waals surface area contributed by atoms with Gasteiger partial charge >= 0.3 is 6.09 Å². The molecule has 1 amide bonds. The number of carbonyl (C=O) groups excluding carboxylic acids is 1. The molecule has 1 aromatic carbocycles. The number of halogens is 2. The van der Waals surface area contributed by atoms with Gasteiger partial charge in [-0.05, 0) is 33.6 Å². The number of anilines is 1. The first-order chi connectivity index (χ1) is 18.5. The Morgan fingerprint density at radius 2 is 1.72 bits per heavy atom. The summed E-state index contributed by atoms with van der Waals surface area (Å²) in [5.74, 6) is 1.52. The lowest BCUT2D eigenvalue weighted by Crippen LogP contribution is -2.45. The van der Waals surface area contributed by atoms with Gasteiger partial charge in [0.2, 0.25) is 5.95 Å². The third-order valence-electron chi connectivity index (χ3n) is 5.71. The maximum Gasteiger partial charge on any atom is 0.410 e. The fourth-order valence-electron chi connectivity index (χ4n) is 3.68. The zero-order chi connectivity index (χ0) is 28.6. The third kappa shape index (κ3) is 8.52. The lowest BCUT2D eigenvalue weighted by Gasteiger charge is -2.33. The molecular formula is C26H34Cl2N6O5. The van der Waals surface area contributed by atoms with E-state index < -0.39 is 5.60 Å². The first kappa shape index (κ1) is 30.1. The van der Waals surface area contributed by atoms with Crippen LogP contribution in [0.4, 0.5) is 10.7 Å². The smallest absolute Gasteiger partial charge is 0.410 e. The molecule has 0 unspecified atom stereocenters. The van der Waals surface area contributed by atoms with Crippen molar-refractivity contribution in [2.24, 2.45) is 0 Å². The Labute approximate surface area is 238 Å². The minimum Gasteiger partial charge on any atom is -0.495 e. The fraction of sp³-hybridized carbons (Fsp3) is 0.462. The molecule has 0 saturated carbocycles. The molecule has 1 aliphatic heterocycles. The number of ether oxygens (including phenoxy) is 4. The topological polar surface area (TPSA) is 131 Å². The van der Waals surface area contributed by atoms with Crippen molar-refractivity contribution in [2.45, 2.75) is 51.9 Å². The number of allylic oxidation sites excluding steroid dienone is 1. The molecule has 3 rings (SSSR count). The highest BCUT2D eigenvalue weighted by Crippen LogP contribution is 2.40. The van der Waals surface area contributed by atoms with Crippen molar-refractivity contribution in [3.05, 3.63) is 46.0 Å². The van der Waals surface area contributed by atoms with Crippen LogP contribution >= 0.6 is 23.2 Å². The molecule has 0 aliphatic carbocycles. The summed E-state index contributed by atoms with van der Waals surface area (Å²) in [6, 6.07) is 1.76. The first-order valence-electron chi connectivity index (χ1n) is 12.3. The Morgan fingerprint density at radius 1 is 1.13 bits per heavy atom. The molecule has 1 aromatic heterocycles. The predicted octanol–water partition coefficient (Wildman–Crippen LogP) is 5.27. The summed E-state index contributed by atoms with van der Waals surface area (Å²) in [5.41, 5.74) is 0.464. The summed E-state index contributed by atoms with van der Waals surface area (Å²) in [5, 5.41) is 14.7. The highest BCUT2D eigenvalue weighted by Gasteiger charge is 2.26. The van der Waals surface area contributed by atoms with Crippen LogP contribution in [-0.4, -0.2) is 66.1 Å². The maximum atomic E-state index is 12.2. The number of methoxy groups -OCH3 is 2. The van der Waals surface area contributed by atoms with Crippen molar-refractivity contribution in [2.75, 3.05) is 32.6 Å². The number of benzene rings is 1. The summed E-state index contributed by atoms with van der Waals surface area (Å²) in [4.78, 5) is 22.5. The lowest BCUT2D eigenvalue weighted by atomic mass is 10.1. The van der Waals surface area contributed by atoms with Gasteiger partial charge in [0.1, 0.15) is 23.7 Å². The molecule has 2 heterocycles. The van der Waals surface area contributed by atoms with Crippen LogP contribution in [0.5, 0.6) is 17.2 Å². The molecule has 0 bridgehead atoms. The van der Waals surface area contributed by atoms with Gasteiger partial charge in [0.15, 0.2) is 5.75 Å². The molecule has 3 N–H and O–H groups in total. The summed E-state index contributed by atoms with van der Waals surface area (Å²) < 4.78 is 21.8. The number of nitrogens with zero attached hydrogens (tertiary/aromatic N) is 3. The summed E-state index contributed by atoms with van der Waals surface area (Å²) in [6.07, 6.45) is 7.09. The summed E-state index contributed by atoms with van der Waals surface area (Å²) in [7, 11) is 3.00. The minimum atomic E-state index is -0.516. The monoisotopic (exact) mass is 580 g/mol. The van der Waals surface area contributed by atoms with Crippen molar-refractivity contribution < 1.29 is 23.7 Å². The van der Waals surface area contributed by atoms with Crippen molar-refractivity contribution in [3.8, 4) is 17.2 Å². The Balaban J connectivity index is 1.53. The van der Waals surface area contributed by atoms with Gasteiger partial charge in [-0.15, -0.1) is 0 Å². The van der Waals surface area contributed by atoms with Crippen molar-refractivity contribution in [3.63, 3.8) is 0 Å². The molecule has 1 fully saturated rings. The summed E-state index contributed by atoms with van der Waals surface area (Å²) >= 11 is 12.8. The maximum absolute atomic E-state index is 12.2. The number of rotatable bonds is 10. The van der Waals surface area contributed by atoms with Gasteiger partial charge in [-0.1, -0.05) is 23.2 Å². The zero-order valence-corrected chi connectivity index (χ0v) is 24.2. The van der Waals surface area contributed by atoms with E-state index in [1.54, 1.807) is 17.2 Å². The molecular weight excluding hydrogens is 547 g/mol. The second kappa shape index (κ2) is 13.6. The third-order valence-corrected chi connectivity index (χ3v) is 6.54. The number of likely N-dealkylation sites (tertiary alicyclic amines) is 1. The van der Waals surface area contributed by atoms with Gasteiger partial charge in [0.25, 0.3) is 0 Å². The van der Waals surface area contributed by atoms with Gasteiger partial charge in [-0.3, -0.25) is 0 Å². The average Bonchev–Trinajstić information content (AvgIpc) is 2.91. The molecule has 1 aliphatic rings. The zero-order valence-electron chi connectivity index (χ0n) is 22.6. The van der Waals surface area contributed by atoms with E-state index in [2.05, 4.69) is 20.6 Å². The van der Waals surface area contributed by atoms with E-state index >= 15 is 0 Å². The molecule has 1 saturated heterocycles. The number of aromatic nitrogens is 2. The van der Waals surface area contributed by atoms with Crippen LogP contribution in [-0.2, 0) is 11.3 Å². The van der Waals surface area contributed by atoms with Crippen LogP contribution in [0.15, 0.2) is 30.4 Å². The van der Waals surface area contributed by atoms with E-state index in [1.165, 1.54) is 26.6 Å². The van der Waals surface area contributed by atoms with Crippen LogP contribution in [0.1, 0.15) is 39.2 Å². The van der Waals surface area contributed by atoms with Gasteiger partial charge in [0.05, 0.1) is 42.4 Å². The highest BCUT2D eigenvalue weighted by molar-refractivity contribution is 6.37. The SMILES string of the molecule is COc1cc(OC)c(Cl)c(COc2cnc(N/C(C=N)=C/NC3CCN(C(=O)OC(C)(C)C)CC3)nc2)c1Cl. The average molecular weight is 582 g/mol. The van der Waals surface area contributed by atoms with E-state index in [9.17, 15) is 4.79 Å². The quantitative estimate of drug-likeness (QED) is 0.321. The van der Waals surface area contributed by atoms with Gasteiger partial charge in [-0.2, -0.15) is 0 Å². The van der Waals surface area contributed by atoms with Crippen molar-refractivity contribution in [1.29, 1.82) is 5.41 Å². The predicted molar refractivity (Wildman–Crippen MR) is 150 cm³/mol. The Hall–Kier alpha value is -3.44. The Bertz CT molecular complexity index is 1150. The van der Waals surface area contributed by atoms with Gasteiger partial charge in [0, 0.05) is 43.2 Å². The second-order valence-electron chi connectivity index (χ2n) is 9.70. The number of nitrogens with one attached hydrogen (secondary N) is 3. The number of amides is 1. The van der Waals surface area contributed by atoms with E-state index in [-0.39, 0.29) is 24.7 Å². The fourth-order valence-corrected chi connectivity index (χ4v) is 4.29. The molecule has 39 heavy (non-hydrogen) atoms. The molecule has 0 atom stereocenters. The molecule has 0 radical (unpaired) electrons. The van der Waals surface area contributed by atoms with Crippen LogP contribution < -0.4 is 24.8 Å². The lowest BCUT2D eigenvalue weighted by molar-refractivity contribution is 0.0201. The second-order valence-corrected chi connectivity index (χ2v) is 10.5. The molecule has 0 spiro atoms. The van der Waals surface area contributed by atoms with Crippen molar-refractivity contribution >= 4 is 41.5 Å². The van der Waals surface area contributed by atoms with Gasteiger partial charge in [-0.25, -0.2) is 14.8 Å². The van der Waals surface area contributed by atoms with E-state index in [1.807, 2.05) is 20.8 Å². The highest BCUT2D eigenvalue weighted by atomic mass is 35.5. The summed E-state index contributed by atoms with van der Waals surface area (Å²) in [6.45, 7) is 6.79. The van der Waals surface area contributed by atoms with E-state index in [4.69, 9.17) is 47.6 Å². The molecule has 13 heteroatoms.